The molecule has 23 heavy (non-hydrogen) atoms. The highest BCUT2D eigenvalue weighted by molar-refractivity contribution is 9.11. The molecule has 124 valence electrons. The van der Waals surface area contributed by atoms with Gasteiger partial charge in [0.2, 0.25) is 0 Å². The molecule has 0 radical (unpaired) electrons. The van der Waals surface area contributed by atoms with Gasteiger partial charge in [-0.1, -0.05) is 0 Å². The minimum absolute atomic E-state index is 0.600. The molecule has 0 aliphatic carbocycles. The van der Waals surface area contributed by atoms with Crippen LogP contribution in [-0.2, 0) is 6.54 Å². The first-order valence-electron chi connectivity index (χ1n) is 7.19. The van der Waals surface area contributed by atoms with Crippen molar-refractivity contribution in [1.29, 1.82) is 0 Å². The summed E-state index contributed by atoms with van der Waals surface area (Å²) >= 11 is 5.16. The summed E-state index contributed by atoms with van der Waals surface area (Å²) in [5, 5.41) is 6.53. The average Bonchev–Trinajstić information content (AvgIpc) is 2.98. The predicted octanol–water partition coefficient (Wildman–Crippen LogP) is 4.11. The molecule has 0 aliphatic rings. The molecule has 0 spiro atoms. The Balaban J connectivity index is 2.01. The highest BCUT2D eigenvalue weighted by Gasteiger charge is 2.07. The number of nitrogens with zero attached hydrogens (tertiary/aromatic N) is 1. The highest BCUT2D eigenvalue weighted by Crippen LogP contribution is 2.30. The van der Waals surface area contributed by atoms with Crippen LogP contribution in [0.4, 0.5) is 5.69 Å². The molecule has 2 N–H and O–H groups in total. The summed E-state index contributed by atoms with van der Waals surface area (Å²) in [7, 11) is 3.37. The molecular weight excluding hydrogens is 378 g/mol. The second-order valence-corrected chi connectivity index (χ2v) is 7.10. The number of hydrogen-bond acceptors (Lipinski definition) is 4. The summed E-state index contributed by atoms with van der Waals surface area (Å²) in [5.74, 6) is 2.11. The van der Waals surface area contributed by atoms with E-state index in [4.69, 9.17) is 9.47 Å². The van der Waals surface area contributed by atoms with Gasteiger partial charge >= 0.3 is 0 Å². The first-order valence-corrected chi connectivity index (χ1v) is 8.80. The number of halogens is 1. The van der Waals surface area contributed by atoms with Gasteiger partial charge in [-0.25, -0.2) is 0 Å². The van der Waals surface area contributed by atoms with Crippen molar-refractivity contribution >= 4 is 38.9 Å². The van der Waals surface area contributed by atoms with E-state index in [0.717, 1.165) is 15.2 Å². The lowest BCUT2D eigenvalue weighted by atomic mass is 10.2. The fourth-order valence-electron chi connectivity index (χ4n) is 1.95. The van der Waals surface area contributed by atoms with Gasteiger partial charge in [0.15, 0.2) is 17.5 Å². The number of thiophene rings is 1. The zero-order valence-corrected chi connectivity index (χ0v) is 15.8. The molecule has 0 fully saturated rings. The van der Waals surface area contributed by atoms with Crippen molar-refractivity contribution in [2.45, 2.75) is 13.5 Å². The Kier molecular flexibility index (Phi) is 6.73. The molecule has 1 aromatic carbocycles. The maximum atomic E-state index is 5.52. The van der Waals surface area contributed by atoms with Gasteiger partial charge in [-0.3, -0.25) is 4.99 Å². The van der Waals surface area contributed by atoms with Crippen molar-refractivity contribution in [1.82, 2.24) is 5.32 Å². The van der Waals surface area contributed by atoms with Crippen molar-refractivity contribution in [3.8, 4) is 11.5 Å². The number of aliphatic imine (C=N–C) groups is 1. The molecule has 7 heteroatoms. The van der Waals surface area contributed by atoms with E-state index in [1.54, 1.807) is 25.5 Å². The topological polar surface area (TPSA) is 54.9 Å². The summed E-state index contributed by atoms with van der Waals surface area (Å²) in [6, 6.07) is 9.82. The first kappa shape index (κ1) is 17.6. The number of benzene rings is 1. The second-order valence-electron chi connectivity index (χ2n) is 4.56. The van der Waals surface area contributed by atoms with Crippen LogP contribution in [-0.4, -0.2) is 26.7 Å². The molecule has 0 atom stereocenters. The number of nitrogens with one attached hydrogen (secondary N) is 2. The lowest BCUT2D eigenvalue weighted by Crippen LogP contribution is -2.29. The van der Waals surface area contributed by atoms with E-state index < -0.39 is 0 Å². The Labute approximate surface area is 148 Å². The van der Waals surface area contributed by atoms with Gasteiger partial charge in [-0.15, -0.1) is 11.3 Å². The predicted molar refractivity (Wildman–Crippen MR) is 100 cm³/mol. The smallest absolute Gasteiger partial charge is 0.195 e. The minimum Gasteiger partial charge on any atom is -0.493 e. The van der Waals surface area contributed by atoms with Crippen LogP contribution in [0.25, 0.3) is 0 Å². The minimum atomic E-state index is 0.600. The average molecular weight is 398 g/mol. The number of rotatable bonds is 6. The molecule has 0 aliphatic heterocycles. The van der Waals surface area contributed by atoms with Gasteiger partial charge < -0.3 is 20.1 Å². The lowest BCUT2D eigenvalue weighted by Gasteiger charge is -2.14. The van der Waals surface area contributed by atoms with E-state index in [9.17, 15) is 0 Å². The Morgan fingerprint density at radius 3 is 2.70 bits per heavy atom. The Morgan fingerprint density at radius 2 is 2.09 bits per heavy atom. The van der Waals surface area contributed by atoms with Crippen LogP contribution in [0.3, 0.4) is 0 Å². The molecule has 2 rings (SSSR count). The number of guanidine groups is 1. The first-order chi connectivity index (χ1) is 11.2. The largest absolute Gasteiger partial charge is 0.493 e. The third-order valence-electron chi connectivity index (χ3n) is 3.01. The van der Waals surface area contributed by atoms with Crippen molar-refractivity contribution < 1.29 is 9.47 Å². The van der Waals surface area contributed by atoms with Gasteiger partial charge in [0.25, 0.3) is 0 Å². The van der Waals surface area contributed by atoms with Crippen molar-refractivity contribution in [2.24, 2.45) is 4.99 Å². The summed E-state index contributed by atoms with van der Waals surface area (Å²) in [6.45, 7) is 3.26. The molecule has 1 aromatic heterocycles. The number of anilines is 1. The SMILES string of the molecule is CCOc1ccc(NC(=NC)NCc2ccc(Br)s2)cc1OC. The Bertz CT molecular complexity index is 673. The Morgan fingerprint density at radius 1 is 1.26 bits per heavy atom. The monoisotopic (exact) mass is 397 g/mol. The van der Waals surface area contributed by atoms with Crippen molar-refractivity contribution in [2.75, 3.05) is 26.1 Å². The van der Waals surface area contributed by atoms with E-state index in [-0.39, 0.29) is 0 Å². The summed E-state index contributed by atoms with van der Waals surface area (Å²) < 4.78 is 12.0. The summed E-state index contributed by atoms with van der Waals surface area (Å²) in [4.78, 5) is 5.46. The van der Waals surface area contributed by atoms with E-state index in [2.05, 4.69) is 37.6 Å². The molecule has 5 nitrogen and oxygen atoms in total. The fraction of sp³-hybridized carbons (Fsp3) is 0.312. The molecule has 0 saturated carbocycles. The van der Waals surface area contributed by atoms with Crippen LogP contribution in [0.1, 0.15) is 11.8 Å². The fourth-order valence-corrected chi connectivity index (χ4v) is 3.38. The van der Waals surface area contributed by atoms with E-state index in [1.165, 1.54) is 4.88 Å². The third-order valence-corrected chi connectivity index (χ3v) is 4.63. The van der Waals surface area contributed by atoms with Crippen LogP contribution >= 0.6 is 27.3 Å². The van der Waals surface area contributed by atoms with Crippen LogP contribution < -0.4 is 20.1 Å². The quantitative estimate of drug-likeness (QED) is 0.568. The number of ether oxygens (including phenoxy) is 2. The molecule has 2 aromatic rings. The number of hydrogen-bond donors (Lipinski definition) is 2. The summed E-state index contributed by atoms with van der Waals surface area (Å²) in [5.41, 5.74) is 0.880. The van der Waals surface area contributed by atoms with E-state index in [0.29, 0.717) is 24.9 Å². The third kappa shape index (κ3) is 5.14. The molecule has 0 amide bonds. The second kappa shape index (κ2) is 8.79. The molecule has 1 heterocycles. The van der Waals surface area contributed by atoms with E-state index in [1.807, 2.05) is 31.2 Å². The van der Waals surface area contributed by atoms with E-state index >= 15 is 0 Å². The van der Waals surface area contributed by atoms with Crippen LogP contribution in [0.5, 0.6) is 11.5 Å². The Hall–Kier alpha value is -1.73. The normalized spacial score (nSPS) is 11.2. The molecular formula is C16H20BrN3O2S. The van der Waals surface area contributed by atoms with Crippen molar-refractivity contribution in [3.63, 3.8) is 0 Å². The standard InChI is InChI=1S/C16H20BrN3O2S/c1-4-22-13-7-5-11(9-14(13)21-3)20-16(18-2)19-10-12-6-8-15(17)23-12/h5-9H,4,10H2,1-3H3,(H2,18,19,20). The maximum Gasteiger partial charge on any atom is 0.195 e. The lowest BCUT2D eigenvalue weighted by molar-refractivity contribution is 0.311. The molecule has 0 saturated heterocycles. The van der Waals surface area contributed by atoms with Gasteiger partial charge in [0, 0.05) is 23.7 Å². The summed E-state index contributed by atoms with van der Waals surface area (Å²) in [6.07, 6.45) is 0. The zero-order valence-electron chi connectivity index (χ0n) is 13.4. The van der Waals surface area contributed by atoms with Gasteiger partial charge in [0.1, 0.15) is 0 Å². The maximum absolute atomic E-state index is 5.52. The van der Waals surface area contributed by atoms with Crippen LogP contribution in [0.15, 0.2) is 39.1 Å². The molecule has 0 bridgehead atoms. The molecule has 0 unspecified atom stereocenters. The zero-order chi connectivity index (χ0) is 16.7. The number of methoxy groups -OCH3 is 1. The van der Waals surface area contributed by atoms with Crippen LogP contribution in [0, 0.1) is 0 Å². The van der Waals surface area contributed by atoms with Crippen molar-refractivity contribution in [3.05, 3.63) is 39.0 Å². The van der Waals surface area contributed by atoms with Gasteiger partial charge in [-0.2, -0.15) is 0 Å². The van der Waals surface area contributed by atoms with Crippen LogP contribution in [0.2, 0.25) is 0 Å². The highest BCUT2D eigenvalue weighted by atomic mass is 79.9. The van der Waals surface area contributed by atoms with Gasteiger partial charge in [0.05, 0.1) is 24.0 Å². The van der Waals surface area contributed by atoms with Gasteiger partial charge in [-0.05, 0) is 47.1 Å².